The first-order chi connectivity index (χ1) is 54.3. The Kier molecular flexibility index (Phi) is 44.1. The third-order valence-electron chi connectivity index (χ3n) is 19.2. The highest BCUT2D eigenvalue weighted by molar-refractivity contribution is 5.99. The maximum atomic E-state index is 12.9. The Labute approximate surface area is 675 Å². The van der Waals surface area contributed by atoms with E-state index in [0.717, 1.165) is 177 Å². The molecular formula is C98H129N11O3. The number of pyridine rings is 1. The monoisotopic (exact) mass is 1510 g/mol. The maximum Gasteiger partial charge on any atom is 0.167 e. The molecule has 0 unspecified atom stereocenters. The number of nitrogens with zero attached hydrogens (tertiary/aromatic N) is 11. The number of benzene rings is 6. The number of carbonyl (C=O) groups excluding carboxylic acids is 3. The van der Waals surface area contributed by atoms with Crippen LogP contribution < -0.4 is 0 Å². The number of aromatic nitrogens is 5. The van der Waals surface area contributed by atoms with Crippen molar-refractivity contribution < 1.29 is 14.4 Å². The van der Waals surface area contributed by atoms with Gasteiger partial charge in [-0.25, -0.2) is 4.98 Å². The maximum absolute atomic E-state index is 12.9. The molecule has 594 valence electrons. The number of likely N-dealkylation sites (N-methyl/N-ethyl adjacent to an activating group) is 3. The average Bonchev–Trinajstić information content (AvgIpc) is 0.846. The predicted molar refractivity (Wildman–Crippen MR) is 469 cm³/mol. The van der Waals surface area contributed by atoms with Crippen LogP contribution in [0.2, 0.25) is 0 Å². The molecule has 112 heavy (non-hydrogen) atoms. The van der Waals surface area contributed by atoms with Gasteiger partial charge in [0.15, 0.2) is 17.3 Å². The number of Topliss-reactive ketones (excluding diaryl/α,β-unsaturated/α-hetero) is 3. The highest BCUT2D eigenvalue weighted by atomic mass is 16.1. The number of hydrogen-bond acceptors (Lipinski definition) is 14. The Morgan fingerprint density at radius 2 is 0.634 bits per heavy atom. The van der Waals surface area contributed by atoms with Crippen molar-refractivity contribution in [3.8, 4) is 35.5 Å². The molecule has 3 saturated heterocycles. The first kappa shape index (κ1) is 94.5. The number of ketones is 3. The molecule has 0 saturated carbocycles. The number of piperazine rings is 3. The molecule has 0 amide bonds. The van der Waals surface area contributed by atoms with E-state index in [1.807, 2.05) is 197 Å². The van der Waals surface area contributed by atoms with Gasteiger partial charge >= 0.3 is 0 Å². The van der Waals surface area contributed by atoms with Crippen LogP contribution in [0.25, 0.3) is 0 Å². The van der Waals surface area contributed by atoms with Crippen LogP contribution in [-0.4, -0.2) is 172 Å². The van der Waals surface area contributed by atoms with Crippen molar-refractivity contribution in [1.82, 2.24) is 54.5 Å². The molecule has 0 N–H and O–H groups in total. The van der Waals surface area contributed by atoms with Crippen molar-refractivity contribution in [3.63, 3.8) is 0 Å². The molecule has 6 heterocycles. The van der Waals surface area contributed by atoms with Crippen LogP contribution in [0.15, 0.2) is 164 Å². The third-order valence-corrected chi connectivity index (χ3v) is 19.2. The summed E-state index contributed by atoms with van der Waals surface area (Å²) in [4.78, 5) is 66.4. The zero-order valence-electron chi connectivity index (χ0n) is 72.0. The summed E-state index contributed by atoms with van der Waals surface area (Å²) < 4.78 is 0. The fraction of sp³-hybridized carbons (Fsp3) is 0.408. The van der Waals surface area contributed by atoms with Gasteiger partial charge in [0, 0.05) is 174 Å². The van der Waals surface area contributed by atoms with Crippen LogP contribution in [0.5, 0.6) is 0 Å². The lowest BCUT2D eigenvalue weighted by molar-refractivity contribution is 0.0984. The minimum Gasteiger partial charge on any atom is -0.304 e. The van der Waals surface area contributed by atoms with E-state index in [1.54, 1.807) is 12.4 Å². The van der Waals surface area contributed by atoms with E-state index in [-0.39, 0.29) is 17.3 Å². The second-order valence-corrected chi connectivity index (χ2v) is 26.9. The summed E-state index contributed by atoms with van der Waals surface area (Å²) in [6.45, 7) is 54.2. The minimum absolute atomic E-state index is 0.0939. The molecule has 3 aliphatic heterocycles. The standard InChI is InChI=1S/C30H33N3O.2C28H30N4O.6C2H6/c1-22-23(2)29(20-31-24(22)3)13-12-25-6-5-7-28(18-25)30(34)19-26-8-10-27(11-9-26)21-33-16-14-32(4)15-17-33;1-21-22(2)30-27(19-29-21)12-11-23-5-4-6-26(17-23)28(33)18-24-7-9-25(10-8-24)20-32-15-13-31(3)14-16-32;1-21-22(2)30-29-19-27(21)12-11-23-5-4-6-26(17-23)28(33)18-24-7-9-25(10-8-24)20-32-15-13-31(3)14-16-32;6*1-2/h5-11,18,20H,14-17,19,21H2,1-4H3;2*4-10,17,19H,13-16,18,20H2,1-3H3;6*1-2H3. The van der Waals surface area contributed by atoms with Gasteiger partial charge in [-0.2, -0.15) is 10.2 Å². The van der Waals surface area contributed by atoms with Crippen molar-refractivity contribution in [2.45, 2.75) is 170 Å². The molecule has 0 spiro atoms. The largest absolute Gasteiger partial charge is 0.304 e. The van der Waals surface area contributed by atoms with Crippen LogP contribution >= 0.6 is 0 Å². The van der Waals surface area contributed by atoms with Gasteiger partial charge in [0.25, 0.3) is 0 Å². The van der Waals surface area contributed by atoms with Gasteiger partial charge in [-0.15, -0.1) is 0 Å². The molecule has 0 radical (unpaired) electrons. The van der Waals surface area contributed by atoms with Crippen molar-refractivity contribution >= 4 is 17.3 Å². The van der Waals surface area contributed by atoms with Gasteiger partial charge in [0.2, 0.25) is 0 Å². The average molecular weight is 1510 g/mol. The van der Waals surface area contributed by atoms with Crippen LogP contribution in [0.4, 0.5) is 0 Å². The normalized spacial score (nSPS) is 13.3. The van der Waals surface area contributed by atoms with Crippen molar-refractivity contribution in [3.05, 3.63) is 287 Å². The van der Waals surface area contributed by atoms with Crippen LogP contribution in [0.1, 0.15) is 221 Å². The predicted octanol–water partition coefficient (Wildman–Crippen LogP) is 18.1. The van der Waals surface area contributed by atoms with E-state index in [0.29, 0.717) is 41.6 Å². The van der Waals surface area contributed by atoms with Gasteiger partial charge in [-0.3, -0.25) is 39.1 Å². The zero-order valence-corrected chi connectivity index (χ0v) is 72.0. The van der Waals surface area contributed by atoms with Crippen molar-refractivity contribution in [1.29, 1.82) is 0 Å². The molecular weight excluding hydrogens is 1380 g/mol. The lowest BCUT2D eigenvalue weighted by Gasteiger charge is -2.32. The van der Waals surface area contributed by atoms with Gasteiger partial charge in [0.1, 0.15) is 5.69 Å². The Morgan fingerprint density at radius 3 is 0.973 bits per heavy atom. The van der Waals surface area contributed by atoms with E-state index in [1.165, 1.54) is 22.3 Å². The summed E-state index contributed by atoms with van der Waals surface area (Å²) in [5.74, 6) is 19.2. The SMILES string of the molecule is CC.CC.CC.CC.CC.CC.Cc1ncc(C#Cc2cccc(C(=O)Cc3ccc(CN4CCN(C)CC4)cc3)c2)c(C)c1C.Cc1ncc(C#Cc2cccc(C(=O)Cc3ccc(CN4CCN(C)CC4)cc3)c2)nc1C.Cc1nncc(C#Cc2cccc(C(=O)Cc3ccc(CN4CCN(C)CC4)cc3)c2)c1C. The fourth-order valence-electron chi connectivity index (χ4n) is 11.9. The van der Waals surface area contributed by atoms with Gasteiger partial charge < -0.3 is 14.7 Å². The summed E-state index contributed by atoms with van der Waals surface area (Å²) in [6.07, 6.45) is 6.35. The molecule has 6 aromatic carbocycles. The van der Waals surface area contributed by atoms with E-state index < -0.39 is 0 Å². The van der Waals surface area contributed by atoms with E-state index >= 15 is 0 Å². The fourth-order valence-corrected chi connectivity index (χ4v) is 11.9. The van der Waals surface area contributed by atoms with E-state index in [2.05, 4.69) is 198 Å². The first-order valence-electron chi connectivity index (χ1n) is 40.8. The van der Waals surface area contributed by atoms with E-state index in [4.69, 9.17) is 0 Å². The Bertz CT molecular complexity index is 4510. The second-order valence-electron chi connectivity index (χ2n) is 26.9. The molecule has 0 atom stereocenters. The highest BCUT2D eigenvalue weighted by Crippen LogP contribution is 2.20. The number of carbonyl (C=O) groups is 3. The van der Waals surface area contributed by atoms with Gasteiger partial charge in [-0.1, -0.05) is 222 Å². The summed E-state index contributed by atoms with van der Waals surface area (Å²) in [6, 6.07) is 48.0. The highest BCUT2D eigenvalue weighted by Gasteiger charge is 2.19. The molecule has 0 aliphatic carbocycles. The number of aryl methyl sites for hydroxylation is 4. The summed E-state index contributed by atoms with van der Waals surface area (Å²) >= 11 is 0. The second kappa shape index (κ2) is 52.3. The minimum atomic E-state index is 0.0939. The number of hydrogen-bond donors (Lipinski definition) is 0. The van der Waals surface area contributed by atoms with Crippen LogP contribution in [0.3, 0.4) is 0 Å². The molecule has 14 nitrogen and oxygen atoms in total. The van der Waals surface area contributed by atoms with Crippen molar-refractivity contribution in [2.75, 3.05) is 99.7 Å². The molecule has 12 rings (SSSR count). The Hall–Kier alpha value is -9.92. The molecule has 9 aromatic rings. The first-order valence-corrected chi connectivity index (χ1v) is 40.8. The third kappa shape index (κ3) is 32.1. The molecule has 3 fully saturated rings. The summed E-state index contributed by atoms with van der Waals surface area (Å²) in [7, 11) is 6.52. The topological polar surface area (TPSA) is 135 Å². The lowest BCUT2D eigenvalue weighted by Crippen LogP contribution is -2.43. The van der Waals surface area contributed by atoms with Gasteiger partial charge in [0.05, 0.1) is 29.5 Å². The van der Waals surface area contributed by atoms with Crippen LogP contribution in [0, 0.1) is 84.0 Å². The zero-order chi connectivity index (χ0) is 82.5. The van der Waals surface area contributed by atoms with Crippen LogP contribution in [-0.2, 0) is 38.9 Å². The quantitative estimate of drug-likeness (QED) is 0.0711. The molecule has 3 aromatic heterocycles. The number of rotatable bonds is 15. The van der Waals surface area contributed by atoms with Crippen molar-refractivity contribution in [2.24, 2.45) is 0 Å². The molecule has 0 bridgehead atoms. The van der Waals surface area contributed by atoms with E-state index in [9.17, 15) is 14.4 Å². The Balaban J connectivity index is 0.000000331. The lowest BCUT2D eigenvalue weighted by atomic mass is 10.00. The summed E-state index contributed by atoms with van der Waals surface area (Å²) in [5.41, 5.74) is 21.0. The Morgan fingerprint density at radius 1 is 0.321 bits per heavy atom. The van der Waals surface area contributed by atoms with Gasteiger partial charge in [-0.05, 0) is 162 Å². The molecule has 3 aliphatic rings. The molecule has 14 heteroatoms. The smallest absolute Gasteiger partial charge is 0.167 e. The summed E-state index contributed by atoms with van der Waals surface area (Å²) in [5, 5.41) is 8.02.